The van der Waals surface area contributed by atoms with Gasteiger partial charge >= 0.3 is 0 Å². The minimum absolute atomic E-state index is 0.0458. The summed E-state index contributed by atoms with van der Waals surface area (Å²) in [6.45, 7) is 3.49. The second kappa shape index (κ2) is 11.2. The highest BCUT2D eigenvalue weighted by atomic mass is 35.5. The first-order valence-corrected chi connectivity index (χ1v) is 9.31. The maximum atomic E-state index is 13.6. The van der Waals surface area contributed by atoms with Crippen LogP contribution in [0.3, 0.4) is 0 Å². The zero-order valence-corrected chi connectivity index (χ0v) is 17.0. The van der Waals surface area contributed by atoms with Crippen molar-refractivity contribution in [2.75, 3.05) is 13.7 Å². The van der Waals surface area contributed by atoms with Gasteiger partial charge in [-0.3, -0.25) is 9.59 Å². The number of methoxy groups -OCH3 is 1. The first kappa shape index (κ1) is 23.2. The highest BCUT2D eigenvalue weighted by Gasteiger charge is 2.09. The molecule has 2 rings (SSSR count). The number of hydrogen-bond donors (Lipinski definition) is 2. The maximum absolute atomic E-state index is 13.6. The Morgan fingerprint density at radius 1 is 1.07 bits per heavy atom. The largest absolute Gasteiger partial charge is 0.494 e. The standard InChI is InChI=1S/C21H21ClF2N2O4/c1-13(26-21(28)12-30-15-5-6-16(22)17(23)10-15)3-8-20(27)25-11-14-4-7-19(29-2)18(24)9-14/h4-7,9-10H,1,3,8,11-12H2,2H3,(H,25,27)(H,26,28). The molecule has 0 unspecified atom stereocenters. The summed E-state index contributed by atoms with van der Waals surface area (Å²) in [6, 6.07) is 8.24. The number of halogens is 3. The van der Waals surface area contributed by atoms with E-state index < -0.39 is 17.5 Å². The molecule has 30 heavy (non-hydrogen) atoms. The van der Waals surface area contributed by atoms with Crippen molar-refractivity contribution in [1.29, 1.82) is 0 Å². The van der Waals surface area contributed by atoms with Gasteiger partial charge in [0.1, 0.15) is 11.6 Å². The molecule has 0 spiro atoms. The molecule has 2 N–H and O–H groups in total. The van der Waals surface area contributed by atoms with E-state index in [1.165, 1.54) is 31.4 Å². The van der Waals surface area contributed by atoms with Crippen LogP contribution in [0.4, 0.5) is 8.78 Å². The average molecular weight is 439 g/mol. The van der Waals surface area contributed by atoms with Gasteiger partial charge < -0.3 is 20.1 Å². The Morgan fingerprint density at radius 3 is 2.50 bits per heavy atom. The van der Waals surface area contributed by atoms with E-state index >= 15 is 0 Å². The van der Waals surface area contributed by atoms with Gasteiger partial charge in [-0.1, -0.05) is 24.2 Å². The lowest BCUT2D eigenvalue weighted by atomic mass is 10.2. The van der Waals surface area contributed by atoms with E-state index in [-0.39, 0.29) is 48.4 Å². The quantitative estimate of drug-likeness (QED) is 0.592. The predicted molar refractivity (Wildman–Crippen MR) is 108 cm³/mol. The van der Waals surface area contributed by atoms with Crippen molar-refractivity contribution in [3.8, 4) is 11.5 Å². The molecule has 0 atom stereocenters. The van der Waals surface area contributed by atoms with Crippen LogP contribution in [0.15, 0.2) is 48.7 Å². The summed E-state index contributed by atoms with van der Waals surface area (Å²) in [6.07, 6.45) is 0.297. The van der Waals surface area contributed by atoms with E-state index in [2.05, 4.69) is 17.2 Å². The number of carbonyl (C=O) groups excluding carboxylic acids is 2. The van der Waals surface area contributed by atoms with Gasteiger partial charge in [-0.2, -0.15) is 0 Å². The number of hydrogen-bond acceptors (Lipinski definition) is 4. The third-order valence-electron chi connectivity index (χ3n) is 3.94. The molecule has 9 heteroatoms. The van der Waals surface area contributed by atoms with Crippen LogP contribution < -0.4 is 20.1 Å². The van der Waals surface area contributed by atoms with Crippen LogP contribution in [-0.4, -0.2) is 25.5 Å². The summed E-state index contributed by atoms with van der Waals surface area (Å²) >= 11 is 5.57. The molecule has 160 valence electrons. The highest BCUT2D eigenvalue weighted by molar-refractivity contribution is 6.30. The zero-order chi connectivity index (χ0) is 22.1. The summed E-state index contributed by atoms with van der Waals surface area (Å²) in [5.41, 5.74) is 0.918. The molecular weight excluding hydrogens is 418 g/mol. The van der Waals surface area contributed by atoms with E-state index in [1.807, 2.05) is 0 Å². The van der Waals surface area contributed by atoms with Crippen molar-refractivity contribution < 1.29 is 27.8 Å². The molecular formula is C21H21ClF2N2O4. The van der Waals surface area contributed by atoms with E-state index in [1.54, 1.807) is 6.07 Å². The number of allylic oxidation sites excluding steroid dienone is 1. The number of amides is 2. The molecule has 6 nitrogen and oxygen atoms in total. The van der Waals surface area contributed by atoms with Gasteiger partial charge in [-0.15, -0.1) is 0 Å². The van der Waals surface area contributed by atoms with E-state index in [4.69, 9.17) is 21.1 Å². The summed E-state index contributed by atoms with van der Waals surface area (Å²) in [4.78, 5) is 23.8. The van der Waals surface area contributed by atoms with Gasteiger partial charge in [-0.25, -0.2) is 8.78 Å². The molecule has 2 aromatic carbocycles. The van der Waals surface area contributed by atoms with Crippen LogP contribution in [0, 0.1) is 11.6 Å². The molecule has 0 fully saturated rings. The fourth-order valence-corrected chi connectivity index (χ4v) is 2.50. The average Bonchev–Trinajstić information content (AvgIpc) is 2.71. The van der Waals surface area contributed by atoms with Gasteiger partial charge in [0.2, 0.25) is 5.91 Å². The third kappa shape index (κ3) is 7.36. The number of nitrogens with one attached hydrogen (secondary N) is 2. The Balaban J connectivity index is 1.67. The van der Waals surface area contributed by atoms with E-state index in [0.717, 1.165) is 6.07 Å². The molecule has 0 saturated heterocycles. The van der Waals surface area contributed by atoms with Crippen molar-refractivity contribution in [1.82, 2.24) is 10.6 Å². The number of benzene rings is 2. The molecule has 0 aliphatic rings. The van der Waals surface area contributed by atoms with Crippen LogP contribution in [0.5, 0.6) is 11.5 Å². The SMILES string of the molecule is C=C(CCC(=O)NCc1ccc(OC)c(F)c1)NC(=O)COc1ccc(Cl)c(F)c1. The molecule has 2 amide bonds. The molecule has 0 bridgehead atoms. The Bertz CT molecular complexity index is 937. The number of carbonyl (C=O) groups is 2. The summed E-state index contributed by atoms with van der Waals surface area (Å²) in [5, 5.41) is 5.12. The molecule has 0 radical (unpaired) electrons. The summed E-state index contributed by atoms with van der Waals surface area (Å²) < 4.78 is 37.0. The van der Waals surface area contributed by atoms with E-state index in [0.29, 0.717) is 11.3 Å². The molecule has 0 aliphatic carbocycles. The Labute approximate surface area is 177 Å². The molecule has 0 heterocycles. The summed E-state index contributed by atoms with van der Waals surface area (Å²) in [7, 11) is 1.37. The van der Waals surface area contributed by atoms with Crippen LogP contribution >= 0.6 is 11.6 Å². The van der Waals surface area contributed by atoms with Gasteiger partial charge in [0, 0.05) is 24.7 Å². The lowest BCUT2D eigenvalue weighted by Crippen LogP contribution is -2.29. The molecule has 2 aromatic rings. The first-order valence-electron chi connectivity index (χ1n) is 8.93. The predicted octanol–water partition coefficient (Wildman–Crippen LogP) is 3.73. The number of rotatable bonds is 10. The third-order valence-corrected chi connectivity index (χ3v) is 4.24. The van der Waals surface area contributed by atoms with Gasteiger partial charge in [-0.05, 0) is 36.2 Å². The van der Waals surface area contributed by atoms with Crippen molar-refractivity contribution in [2.24, 2.45) is 0 Å². The lowest BCUT2D eigenvalue weighted by molar-refractivity contribution is -0.123. The number of ether oxygens (including phenoxy) is 2. The second-order valence-corrected chi connectivity index (χ2v) is 6.67. The van der Waals surface area contributed by atoms with Crippen LogP contribution in [0.2, 0.25) is 5.02 Å². The van der Waals surface area contributed by atoms with Crippen molar-refractivity contribution in [2.45, 2.75) is 19.4 Å². The zero-order valence-electron chi connectivity index (χ0n) is 16.3. The molecule has 0 aliphatic heterocycles. The van der Waals surface area contributed by atoms with E-state index in [9.17, 15) is 18.4 Å². The lowest BCUT2D eigenvalue weighted by Gasteiger charge is -2.10. The minimum atomic E-state index is -0.651. The molecule has 0 aromatic heterocycles. The van der Waals surface area contributed by atoms with Crippen LogP contribution in [-0.2, 0) is 16.1 Å². The first-order chi connectivity index (χ1) is 14.3. The maximum Gasteiger partial charge on any atom is 0.262 e. The highest BCUT2D eigenvalue weighted by Crippen LogP contribution is 2.20. The molecule has 0 saturated carbocycles. The van der Waals surface area contributed by atoms with Crippen molar-refractivity contribution in [3.63, 3.8) is 0 Å². The van der Waals surface area contributed by atoms with Crippen molar-refractivity contribution >= 4 is 23.4 Å². The topological polar surface area (TPSA) is 76.7 Å². The normalized spacial score (nSPS) is 10.3. The van der Waals surface area contributed by atoms with Gasteiger partial charge in [0.15, 0.2) is 18.2 Å². The Hall–Kier alpha value is -3.13. The smallest absolute Gasteiger partial charge is 0.262 e. The fraction of sp³-hybridized carbons (Fsp3) is 0.238. The van der Waals surface area contributed by atoms with Gasteiger partial charge in [0.05, 0.1) is 12.1 Å². The Kier molecular flexibility index (Phi) is 8.61. The minimum Gasteiger partial charge on any atom is -0.494 e. The second-order valence-electron chi connectivity index (χ2n) is 6.26. The Morgan fingerprint density at radius 2 is 1.83 bits per heavy atom. The monoisotopic (exact) mass is 438 g/mol. The summed E-state index contributed by atoms with van der Waals surface area (Å²) in [5.74, 6) is -1.65. The van der Waals surface area contributed by atoms with Crippen molar-refractivity contribution in [3.05, 3.63) is 70.9 Å². The van der Waals surface area contributed by atoms with Crippen LogP contribution in [0.25, 0.3) is 0 Å². The fourth-order valence-electron chi connectivity index (χ4n) is 2.38. The van der Waals surface area contributed by atoms with Gasteiger partial charge in [0.25, 0.3) is 5.91 Å². The van der Waals surface area contributed by atoms with Crippen LogP contribution in [0.1, 0.15) is 18.4 Å².